The number of piperazine rings is 1. The highest BCUT2D eigenvalue weighted by molar-refractivity contribution is 5.91. The van der Waals surface area contributed by atoms with Gasteiger partial charge in [0.05, 0.1) is 6.26 Å². The number of benzene rings is 1. The number of hydrogen-bond donors (Lipinski definition) is 2. The summed E-state index contributed by atoms with van der Waals surface area (Å²) in [6.07, 6.45) is 2.33. The molecule has 8 nitrogen and oxygen atoms in total. The monoisotopic (exact) mass is 411 g/mol. The Labute approximate surface area is 176 Å². The number of aliphatic imine (C=N–C) groups is 1. The molecule has 1 aromatic carbocycles. The van der Waals surface area contributed by atoms with Crippen molar-refractivity contribution in [1.82, 2.24) is 15.1 Å². The molecule has 1 aromatic heterocycles. The van der Waals surface area contributed by atoms with E-state index in [1.165, 1.54) is 13.2 Å². The van der Waals surface area contributed by atoms with E-state index in [9.17, 15) is 9.59 Å². The van der Waals surface area contributed by atoms with Crippen molar-refractivity contribution in [1.29, 1.82) is 0 Å². The molecule has 0 bridgehead atoms. The van der Waals surface area contributed by atoms with Crippen molar-refractivity contribution in [2.75, 3.05) is 44.6 Å². The van der Waals surface area contributed by atoms with E-state index in [2.05, 4.69) is 15.5 Å². The van der Waals surface area contributed by atoms with E-state index in [1.807, 2.05) is 36.1 Å². The Morgan fingerprint density at radius 3 is 2.37 bits per heavy atom. The lowest BCUT2D eigenvalue weighted by atomic mass is 10.1. The van der Waals surface area contributed by atoms with E-state index in [4.69, 9.17) is 9.41 Å². The third kappa shape index (κ3) is 5.85. The Balaban J connectivity index is 1.52. The van der Waals surface area contributed by atoms with Gasteiger partial charge in [0.2, 0.25) is 5.91 Å². The zero-order chi connectivity index (χ0) is 21.3. The molecule has 2 aromatic rings. The summed E-state index contributed by atoms with van der Waals surface area (Å²) >= 11 is 0. The minimum atomic E-state index is -0.0754. The number of rotatable bonds is 6. The zero-order valence-electron chi connectivity index (χ0n) is 17.6. The van der Waals surface area contributed by atoms with Crippen molar-refractivity contribution in [2.24, 2.45) is 4.99 Å². The van der Waals surface area contributed by atoms with Gasteiger partial charge in [-0.15, -0.1) is 0 Å². The molecule has 0 radical (unpaired) electrons. The van der Waals surface area contributed by atoms with Crippen LogP contribution in [-0.2, 0) is 11.2 Å². The third-order valence-electron chi connectivity index (χ3n) is 4.87. The van der Waals surface area contributed by atoms with Gasteiger partial charge in [-0.05, 0) is 43.2 Å². The van der Waals surface area contributed by atoms with Crippen LogP contribution in [0.5, 0.6) is 0 Å². The van der Waals surface area contributed by atoms with Gasteiger partial charge < -0.3 is 24.9 Å². The summed E-state index contributed by atoms with van der Waals surface area (Å²) < 4.78 is 5.22. The SMILES string of the molecule is CCNC(=NCCc1ccc(NC(C)=O)cc1)N1CCN(C(=O)c2ccco2)CC1. The number of guanidine groups is 1. The van der Waals surface area contributed by atoms with Gasteiger partial charge in [0.15, 0.2) is 11.7 Å². The molecule has 160 valence electrons. The van der Waals surface area contributed by atoms with Crippen molar-refractivity contribution < 1.29 is 14.0 Å². The van der Waals surface area contributed by atoms with Gasteiger partial charge in [-0.2, -0.15) is 0 Å². The van der Waals surface area contributed by atoms with Crippen LogP contribution < -0.4 is 10.6 Å². The molecule has 0 aliphatic carbocycles. The Kier molecular flexibility index (Phi) is 7.48. The summed E-state index contributed by atoms with van der Waals surface area (Å²) in [7, 11) is 0. The van der Waals surface area contributed by atoms with Gasteiger partial charge in [-0.1, -0.05) is 12.1 Å². The predicted molar refractivity (Wildman–Crippen MR) is 117 cm³/mol. The van der Waals surface area contributed by atoms with E-state index in [-0.39, 0.29) is 11.8 Å². The molecule has 2 heterocycles. The molecule has 0 atom stereocenters. The zero-order valence-corrected chi connectivity index (χ0v) is 17.6. The van der Waals surface area contributed by atoms with Crippen LogP contribution in [0.4, 0.5) is 5.69 Å². The van der Waals surface area contributed by atoms with Crippen LogP contribution >= 0.6 is 0 Å². The standard InChI is InChI=1S/C22H29N5O3/c1-3-23-22(24-11-10-18-6-8-19(9-7-18)25-17(2)28)27-14-12-26(13-15-27)21(29)20-5-4-16-30-20/h4-9,16H,3,10-15H2,1-2H3,(H,23,24)(H,25,28). The third-order valence-corrected chi connectivity index (χ3v) is 4.87. The number of nitrogens with one attached hydrogen (secondary N) is 2. The molecule has 2 amide bonds. The topological polar surface area (TPSA) is 90.2 Å². The van der Waals surface area contributed by atoms with Crippen LogP contribution in [-0.4, -0.2) is 66.8 Å². The number of anilines is 1. The maximum Gasteiger partial charge on any atom is 0.289 e. The maximum atomic E-state index is 12.4. The highest BCUT2D eigenvalue weighted by Crippen LogP contribution is 2.11. The number of carbonyl (C=O) groups excluding carboxylic acids is 2. The maximum absolute atomic E-state index is 12.4. The minimum absolute atomic E-state index is 0.0655. The summed E-state index contributed by atoms with van der Waals surface area (Å²) in [6, 6.07) is 11.2. The van der Waals surface area contributed by atoms with Crippen molar-refractivity contribution in [3.63, 3.8) is 0 Å². The number of carbonyl (C=O) groups is 2. The normalized spacial score (nSPS) is 14.5. The Morgan fingerprint density at radius 1 is 1.07 bits per heavy atom. The first-order valence-corrected chi connectivity index (χ1v) is 10.3. The van der Waals surface area contributed by atoms with Crippen molar-refractivity contribution in [3.8, 4) is 0 Å². The summed E-state index contributed by atoms with van der Waals surface area (Å²) in [5.41, 5.74) is 1.96. The molecule has 1 aliphatic rings. The molecule has 2 N–H and O–H groups in total. The highest BCUT2D eigenvalue weighted by atomic mass is 16.3. The summed E-state index contributed by atoms with van der Waals surface area (Å²) in [5, 5.41) is 6.12. The first-order valence-electron chi connectivity index (χ1n) is 10.3. The summed E-state index contributed by atoms with van der Waals surface area (Å²) in [4.78, 5) is 32.3. The fourth-order valence-electron chi connectivity index (χ4n) is 3.35. The molecule has 0 spiro atoms. The second kappa shape index (κ2) is 10.5. The molecular weight excluding hydrogens is 382 g/mol. The van der Waals surface area contributed by atoms with Gasteiger partial charge in [-0.3, -0.25) is 14.6 Å². The Morgan fingerprint density at radius 2 is 1.77 bits per heavy atom. The lowest BCUT2D eigenvalue weighted by Gasteiger charge is -2.36. The largest absolute Gasteiger partial charge is 0.459 e. The average molecular weight is 412 g/mol. The Bertz CT molecular complexity index is 853. The fraction of sp³-hybridized carbons (Fsp3) is 0.409. The Hall–Kier alpha value is -3.29. The quantitative estimate of drug-likeness (QED) is 0.562. The van der Waals surface area contributed by atoms with E-state index in [0.717, 1.165) is 43.3 Å². The first-order chi connectivity index (χ1) is 14.6. The lowest BCUT2D eigenvalue weighted by Crippen LogP contribution is -2.53. The van der Waals surface area contributed by atoms with E-state index in [0.29, 0.717) is 25.4 Å². The number of hydrogen-bond acceptors (Lipinski definition) is 4. The first kappa shape index (κ1) is 21.4. The molecule has 8 heteroatoms. The number of nitrogens with zero attached hydrogens (tertiary/aromatic N) is 3. The van der Waals surface area contributed by atoms with Crippen LogP contribution in [0.25, 0.3) is 0 Å². The molecule has 1 fully saturated rings. The average Bonchev–Trinajstić information content (AvgIpc) is 3.28. The van der Waals surface area contributed by atoms with Gasteiger partial charge in [-0.25, -0.2) is 0 Å². The van der Waals surface area contributed by atoms with E-state index in [1.54, 1.807) is 12.1 Å². The van der Waals surface area contributed by atoms with Crippen LogP contribution in [0.1, 0.15) is 30.0 Å². The van der Waals surface area contributed by atoms with Crippen LogP contribution in [0.2, 0.25) is 0 Å². The lowest BCUT2D eigenvalue weighted by molar-refractivity contribution is -0.114. The fourth-order valence-corrected chi connectivity index (χ4v) is 3.35. The highest BCUT2D eigenvalue weighted by Gasteiger charge is 2.25. The molecule has 0 saturated carbocycles. The van der Waals surface area contributed by atoms with Crippen molar-refractivity contribution in [3.05, 3.63) is 54.0 Å². The summed E-state index contributed by atoms with van der Waals surface area (Å²) in [5.74, 6) is 1.11. The molecule has 1 aliphatic heterocycles. The van der Waals surface area contributed by atoms with Gasteiger partial charge in [0.25, 0.3) is 5.91 Å². The smallest absolute Gasteiger partial charge is 0.289 e. The van der Waals surface area contributed by atoms with Crippen LogP contribution in [0.15, 0.2) is 52.1 Å². The number of amides is 2. The molecular formula is C22H29N5O3. The molecule has 30 heavy (non-hydrogen) atoms. The van der Waals surface area contributed by atoms with E-state index < -0.39 is 0 Å². The van der Waals surface area contributed by atoms with Gasteiger partial charge >= 0.3 is 0 Å². The molecule has 3 rings (SSSR count). The second-order valence-corrected chi connectivity index (χ2v) is 7.12. The predicted octanol–water partition coefficient (Wildman–Crippen LogP) is 2.20. The summed E-state index contributed by atoms with van der Waals surface area (Å²) in [6.45, 7) is 7.71. The van der Waals surface area contributed by atoms with Crippen LogP contribution in [0.3, 0.4) is 0 Å². The number of furan rings is 1. The van der Waals surface area contributed by atoms with Crippen LogP contribution in [0, 0.1) is 0 Å². The van der Waals surface area contributed by atoms with E-state index >= 15 is 0 Å². The van der Waals surface area contributed by atoms with Gasteiger partial charge in [0.1, 0.15) is 0 Å². The van der Waals surface area contributed by atoms with Crippen molar-refractivity contribution in [2.45, 2.75) is 20.3 Å². The second-order valence-electron chi connectivity index (χ2n) is 7.12. The minimum Gasteiger partial charge on any atom is -0.459 e. The van der Waals surface area contributed by atoms with Gasteiger partial charge in [0, 0.05) is 51.9 Å². The molecule has 0 unspecified atom stereocenters. The van der Waals surface area contributed by atoms with Crippen molar-refractivity contribution >= 4 is 23.5 Å². The molecule has 1 saturated heterocycles.